The Morgan fingerprint density at radius 3 is 2.40 bits per heavy atom. The number of pyridine rings is 1. The average molecular weight is 380 g/mol. The van der Waals surface area contributed by atoms with Gasteiger partial charge >= 0.3 is 5.97 Å². The van der Waals surface area contributed by atoms with Crippen molar-refractivity contribution < 1.29 is 15.0 Å². The lowest BCUT2D eigenvalue weighted by atomic mass is 10.1. The molecule has 3 rings (SSSR count). The van der Waals surface area contributed by atoms with E-state index >= 15 is 0 Å². The summed E-state index contributed by atoms with van der Waals surface area (Å²) in [5, 5.41) is 23.5. The summed E-state index contributed by atoms with van der Waals surface area (Å²) in [7, 11) is 0. The van der Waals surface area contributed by atoms with Crippen LogP contribution in [0.15, 0.2) is 35.4 Å². The van der Waals surface area contributed by atoms with Crippen LogP contribution in [0.5, 0.6) is 0 Å². The minimum Gasteiger partial charge on any atom is -0.510 e. The topological polar surface area (TPSA) is 105 Å². The van der Waals surface area contributed by atoms with Gasteiger partial charge in [0.2, 0.25) is 5.43 Å². The molecule has 0 fully saturated rings. The fourth-order valence-electron chi connectivity index (χ4n) is 2.49. The van der Waals surface area contributed by atoms with Gasteiger partial charge in [0.25, 0.3) is 0 Å². The molecule has 0 saturated heterocycles. The second kappa shape index (κ2) is 6.70. The maximum absolute atomic E-state index is 12.5. The lowest BCUT2D eigenvalue weighted by Crippen LogP contribution is -2.34. The number of aliphatic carboxylic acids is 1. The van der Waals surface area contributed by atoms with Gasteiger partial charge in [-0.1, -0.05) is 23.2 Å². The highest BCUT2D eigenvalue weighted by atomic mass is 35.5. The molecule has 3 aromatic rings. The number of carboxylic acid groups (broad SMARTS) is 1. The van der Waals surface area contributed by atoms with Crippen molar-refractivity contribution in [1.29, 1.82) is 0 Å². The molecule has 25 heavy (non-hydrogen) atoms. The molecule has 2 aromatic heterocycles. The highest BCUT2D eigenvalue weighted by Gasteiger charge is 2.14. The predicted molar refractivity (Wildman–Crippen MR) is 92.8 cm³/mol. The zero-order valence-corrected chi connectivity index (χ0v) is 14.1. The molecule has 0 atom stereocenters. The molecule has 0 spiro atoms. The quantitative estimate of drug-likeness (QED) is 0.720. The molecule has 128 valence electrons. The number of carbonyl (C=O) groups is 1. The van der Waals surface area contributed by atoms with Gasteiger partial charge in [0.1, 0.15) is 12.1 Å². The number of nitrogens with zero attached hydrogens (tertiary/aromatic N) is 3. The molecule has 0 unspecified atom stereocenters. The van der Waals surface area contributed by atoms with E-state index in [2.05, 4.69) is 10.1 Å². The minimum absolute atomic E-state index is 0.120. The van der Waals surface area contributed by atoms with Crippen LogP contribution in [0, 0.1) is 0 Å². The van der Waals surface area contributed by atoms with E-state index in [4.69, 9.17) is 28.3 Å². The summed E-state index contributed by atoms with van der Waals surface area (Å²) in [6.07, 6.45) is 0.730. The van der Waals surface area contributed by atoms with Gasteiger partial charge in [-0.2, -0.15) is 5.10 Å². The van der Waals surface area contributed by atoms with E-state index in [1.54, 1.807) is 18.2 Å². The summed E-state index contributed by atoms with van der Waals surface area (Å²) in [6.45, 7) is 0. The van der Waals surface area contributed by atoms with Crippen molar-refractivity contribution in [2.45, 2.75) is 12.8 Å². The molecular formula is C16H11Cl2N3O4. The van der Waals surface area contributed by atoms with Crippen LogP contribution >= 0.6 is 23.2 Å². The molecule has 0 aliphatic rings. The van der Waals surface area contributed by atoms with Crippen LogP contribution in [0.1, 0.15) is 12.8 Å². The van der Waals surface area contributed by atoms with Crippen molar-refractivity contribution >= 4 is 40.6 Å². The van der Waals surface area contributed by atoms with Crippen molar-refractivity contribution in [3.8, 4) is 11.1 Å². The first kappa shape index (κ1) is 17.2. The molecule has 0 aliphatic carbocycles. The first-order valence-corrected chi connectivity index (χ1v) is 7.89. The first-order valence-electron chi connectivity index (χ1n) is 7.14. The predicted octanol–water partition coefficient (Wildman–Crippen LogP) is 2.31. The van der Waals surface area contributed by atoms with Crippen LogP contribution in [-0.4, -0.2) is 30.8 Å². The summed E-state index contributed by atoms with van der Waals surface area (Å²) < 4.78 is 1.18. The maximum Gasteiger partial charge on any atom is 0.303 e. The highest BCUT2D eigenvalue weighted by molar-refractivity contribution is 6.35. The van der Waals surface area contributed by atoms with Gasteiger partial charge in [-0.05, 0) is 29.8 Å². The molecule has 1 aromatic carbocycles. The third-order valence-corrected chi connectivity index (χ3v) is 3.97. The third kappa shape index (κ3) is 3.42. The zero-order valence-electron chi connectivity index (χ0n) is 12.6. The number of aliphatic hydroxyl groups excluding tert-OH is 1. The monoisotopic (exact) mass is 379 g/mol. The van der Waals surface area contributed by atoms with Gasteiger partial charge in [-0.3, -0.25) is 9.59 Å². The lowest BCUT2D eigenvalue weighted by Gasteiger charge is -2.06. The van der Waals surface area contributed by atoms with Gasteiger partial charge in [0.05, 0.1) is 6.42 Å². The van der Waals surface area contributed by atoms with Gasteiger partial charge in [0.15, 0.2) is 11.0 Å². The Morgan fingerprint density at radius 2 is 1.76 bits per heavy atom. The Balaban J connectivity index is 2.28. The first-order chi connectivity index (χ1) is 11.9. The van der Waals surface area contributed by atoms with Crippen molar-refractivity contribution in [2.24, 2.45) is 0 Å². The third-order valence-electron chi connectivity index (χ3n) is 3.53. The van der Waals surface area contributed by atoms with Crippen molar-refractivity contribution in [3.05, 3.63) is 56.2 Å². The molecular weight excluding hydrogens is 369 g/mol. The SMILES string of the molecule is O=C(O)CCC(O)=c1c(=O)cc(-c2cc(Cl)cc(Cl)c2)c2ncnn12. The number of halogens is 2. The molecule has 0 saturated carbocycles. The standard InChI is InChI=1S/C16H11Cl2N3O4/c17-9-3-8(4-10(18)5-9)11-6-13(23)15(12(22)1-2-14(24)25)21-16(11)19-7-20-21/h3-7,22H,1-2H2,(H,24,25). The van der Waals surface area contributed by atoms with Crippen LogP contribution in [0.25, 0.3) is 22.5 Å². The fraction of sp³-hybridized carbons (Fsp3) is 0.125. The van der Waals surface area contributed by atoms with Gasteiger partial charge < -0.3 is 10.2 Å². The van der Waals surface area contributed by atoms with Crippen molar-refractivity contribution in [3.63, 3.8) is 0 Å². The number of benzene rings is 1. The number of hydrogen-bond donors (Lipinski definition) is 2. The number of aliphatic hydroxyl groups is 1. The van der Waals surface area contributed by atoms with E-state index in [0.29, 0.717) is 26.8 Å². The zero-order chi connectivity index (χ0) is 18.1. The van der Waals surface area contributed by atoms with E-state index in [1.165, 1.54) is 16.9 Å². The molecule has 0 radical (unpaired) electrons. The summed E-state index contributed by atoms with van der Waals surface area (Å²) in [4.78, 5) is 27.3. The number of hydrogen-bond acceptors (Lipinski definition) is 5. The molecule has 0 amide bonds. The maximum atomic E-state index is 12.5. The number of carboxylic acids is 1. The highest BCUT2D eigenvalue weighted by Crippen LogP contribution is 2.28. The molecule has 0 bridgehead atoms. The molecule has 0 aliphatic heterocycles. The average Bonchev–Trinajstić information content (AvgIpc) is 2.99. The Labute approximate surface area is 150 Å². The molecule has 7 nitrogen and oxygen atoms in total. The summed E-state index contributed by atoms with van der Waals surface area (Å²) >= 11 is 12.0. The molecule has 2 N–H and O–H groups in total. The van der Waals surface area contributed by atoms with E-state index in [-0.39, 0.29) is 23.9 Å². The normalized spacial score (nSPS) is 12.4. The van der Waals surface area contributed by atoms with Crippen molar-refractivity contribution in [1.82, 2.24) is 14.6 Å². The smallest absolute Gasteiger partial charge is 0.303 e. The van der Waals surface area contributed by atoms with Gasteiger partial charge in [-0.15, -0.1) is 0 Å². The number of rotatable bonds is 4. The Hall–Kier alpha value is -2.64. The second-order valence-electron chi connectivity index (χ2n) is 5.26. The number of fused-ring (bicyclic) bond motifs is 1. The Kier molecular flexibility index (Phi) is 4.61. The Morgan fingerprint density at radius 1 is 1.08 bits per heavy atom. The van der Waals surface area contributed by atoms with E-state index in [9.17, 15) is 14.7 Å². The van der Waals surface area contributed by atoms with E-state index < -0.39 is 11.4 Å². The van der Waals surface area contributed by atoms with Crippen LogP contribution in [0.2, 0.25) is 10.0 Å². The van der Waals surface area contributed by atoms with Crippen molar-refractivity contribution in [2.75, 3.05) is 0 Å². The number of aromatic nitrogens is 3. The summed E-state index contributed by atoms with van der Waals surface area (Å²) in [6, 6.07) is 6.11. The van der Waals surface area contributed by atoms with Gasteiger partial charge in [0, 0.05) is 22.0 Å². The molecule has 2 heterocycles. The van der Waals surface area contributed by atoms with Crippen LogP contribution < -0.4 is 10.8 Å². The minimum atomic E-state index is -1.08. The fourth-order valence-corrected chi connectivity index (χ4v) is 3.01. The second-order valence-corrected chi connectivity index (χ2v) is 6.14. The summed E-state index contributed by atoms with van der Waals surface area (Å²) in [5.74, 6) is -1.45. The lowest BCUT2D eigenvalue weighted by molar-refractivity contribution is -0.136. The van der Waals surface area contributed by atoms with E-state index in [1.807, 2.05) is 0 Å². The van der Waals surface area contributed by atoms with Gasteiger partial charge in [-0.25, -0.2) is 9.50 Å². The molecule has 9 heteroatoms. The van der Waals surface area contributed by atoms with Crippen LogP contribution in [-0.2, 0) is 4.79 Å². The van der Waals surface area contributed by atoms with Crippen LogP contribution in [0.4, 0.5) is 0 Å². The largest absolute Gasteiger partial charge is 0.510 e. The Bertz CT molecular complexity index is 1070. The van der Waals surface area contributed by atoms with Crippen LogP contribution in [0.3, 0.4) is 0 Å². The van der Waals surface area contributed by atoms with E-state index in [0.717, 1.165) is 0 Å². The summed E-state index contributed by atoms with van der Waals surface area (Å²) in [5.41, 5.74) is 0.813.